The number of aliphatic imine (C=N–C) groups is 1. The molecule has 2 aromatic carbocycles. The van der Waals surface area contributed by atoms with Gasteiger partial charge in [-0.25, -0.2) is 0 Å². The van der Waals surface area contributed by atoms with Crippen LogP contribution < -0.4 is 4.74 Å². The summed E-state index contributed by atoms with van der Waals surface area (Å²) in [5.74, 6) is 0.870. The highest BCUT2D eigenvalue weighted by Crippen LogP contribution is 2.22. The third kappa shape index (κ3) is 2.43. The Morgan fingerprint density at radius 2 is 1.63 bits per heavy atom. The van der Waals surface area contributed by atoms with Crippen molar-refractivity contribution in [3.05, 3.63) is 71.8 Å². The fourth-order valence-corrected chi connectivity index (χ4v) is 2.19. The molecule has 2 nitrogen and oxygen atoms in total. The van der Waals surface area contributed by atoms with Crippen LogP contribution in [0.25, 0.3) is 5.57 Å². The zero-order valence-corrected chi connectivity index (χ0v) is 10.8. The van der Waals surface area contributed by atoms with Crippen LogP contribution in [0.5, 0.6) is 5.75 Å². The van der Waals surface area contributed by atoms with Crippen molar-refractivity contribution < 1.29 is 4.74 Å². The highest BCUT2D eigenvalue weighted by Gasteiger charge is 2.11. The van der Waals surface area contributed by atoms with E-state index < -0.39 is 0 Å². The average Bonchev–Trinajstić information content (AvgIpc) is 2.98. The van der Waals surface area contributed by atoms with Crippen LogP contribution in [0.3, 0.4) is 0 Å². The van der Waals surface area contributed by atoms with Crippen LogP contribution in [0.1, 0.15) is 11.1 Å². The van der Waals surface area contributed by atoms with E-state index in [2.05, 4.69) is 35.3 Å². The number of nitrogens with zero attached hydrogens (tertiary/aromatic N) is 1. The predicted octanol–water partition coefficient (Wildman–Crippen LogP) is 3.58. The Balaban J connectivity index is 1.85. The molecule has 0 aliphatic carbocycles. The second-order valence-electron chi connectivity index (χ2n) is 4.47. The second kappa shape index (κ2) is 5.11. The van der Waals surface area contributed by atoms with Gasteiger partial charge in [-0.3, -0.25) is 4.99 Å². The minimum absolute atomic E-state index is 0.755. The van der Waals surface area contributed by atoms with Crippen molar-refractivity contribution in [2.75, 3.05) is 13.7 Å². The van der Waals surface area contributed by atoms with Crippen molar-refractivity contribution in [1.82, 2.24) is 0 Å². The molecule has 94 valence electrons. The summed E-state index contributed by atoms with van der Waals surface area (Å²) in [4.78, 5) is 4.60. The molecule has 0 amide bonds. The first kappa shape index (κ1) is 11.7. The smallest absolute Gasteiger partial charge is 0.118 e. The lowest BCUT2D eigenvalue weighted by Crippen LogP contribution is -1.93. The van der Waals surface area contributed by atoms with E-state index in [1.54, 1.807) is 7.11 Å². The zero-order valence-electron chi connectivity index (χ0n) is 10.8. The Kier molecular flexibility index (Phi) is 3.15. The van der Waals surface area contributed by atoms with Crippen LogP contribution in [-0.4, -0.2) is 19.4 Å². The van der Waals surface area contributed by atoms with Crippen molar-refractivity contribution in [3.63, 3.8) is 0 Å². The summed E-state index contributed by atoms with van der Waals surface area (Å²) in [6.07, 6.45) is 2.16. The van der Waals surface area contributed by atoms with Crippen molar-refractivity contribution in [2.45, 2.75) is 0 Å². The molecule has 0 aromatic heterocycles. The largest absolute Gasteiger partial charge is 0.497 e. The molecular weight excluding hydrogens is 234 g/mol. The van der Waals surface area contributed by atoms with Crippen molar-refractivity contribution >= 4 is 11.3 Å². The van der Waals surface area contributed by atoms with E-state index in [1.807, 2.05) is 30.3 Å². The van der Waals surface area contributed by atoms with Gasteiger partial charge in [-0.1, -0.05) is 30.3 Å². The number of ether oxygens (including phenoxy) is 1. The molecule has 0 unspecified atom stereocenters. The van der Waals surface area contributed by atoms with Gasteiger partial charge in [0.25, 0.3) is 0 Å². The first-order chi connectivity index (χ1) is 9.36. The molecule has 1 heterocycles. The molecule has 2 heteroatoms. The summed E-state index contributed by atoms with van der Waals surface area (Å²) in [5.41, 5.74) is 4.69. The van der Waals surface area contributed by atoms with E-state index >= 15 is 0 Å². The standard InChI is InChI=1S/C17H15NO/c1-19-16-9-7-14(8-10-16)17-11-15(12-18-17)13-5-3-2-4-6-13/h2-11H,12H2,1H3. The SMILES string of the molecule is COc1ccc(C2=NCC(c3ccccc3)=C2)cc1. The summed E-state index contributed by atoms with van der Waals surface area (Å²) in [6.45, 7) is 0.755. The number of allylic oxidation sites excluding steroid dienone is 1. The van der Waals surface area contributed by atoms with Gasteiger partial charge >= 0.3 is 0 Å². The van der Waals surface area contributed by atoms with Gasteiger partial charge in [0.15, 0.2) is 0 Å². The fraction of sp³-hybridized carbons (Fsp3) is 0.118. The lowest BCUT2D eigenvalue weighted by Gasteiger charge is -2.01. The summed E-state index contributed by atoms with van der Waals surface area (Å²) in [7, 11) is 1.68. The van der Waals surface area contributed by atoms with E-state index in [9.17, 15) is 0 Å². The quantitative estimate of drug-likeness (QED) is 0.814. The van der Waals surface area contributed by atoms with Gasteiger partial charge in [-0.2, -0.15) is 0 Å². The summed E-state index contributed by atoms with van der Waals surface area (Å²) < 4.78 is 5.17. The van der Waals surface area contributed by atoms with Crippen molar-refractivity contribution in [3.8, 4) is 5.75 Å². The Morgan fingerprint density at radius 3 is 2.32 bits per heavy atom. The van der Waals surface area contributed by atoms with Gasteiger partial charge in [0, 0.05) is 0 Å². The minimum Gasteiger partial charge on any atom is -0.497 e. The lowest BCUT2D eigenvalue weighted by atomic mass is 10.0. The van der Waals surface area contributed by atoms with Crippen molar-refractivity contribution in [1.29, 1.82) is 0 Å². The van der Waals surface area contributed by atoms with Crippen LogP contribution in [-0.2, 0) is 0 Å². The summed E-state index contributed by atoms with van der Waals surface area (Å²) in [6, 6.07) is 18.4. The fourth-order valence-electron chi connectivity index (χ4n) is 2.19. The molecule has 0 radical (unpaired) electrons. The average molecular weight is 249 g/mol. The molecule has 0 fully saturated rings. The molecular formula is C17H15NO. The van der Waals surface area contributed by atoms with Crippen LogP contribution in [0.15, 0.2) is 65.7 Å². The molecule has 19 heavy (non-hydrogen) atoms. The summed E-state index contributed by atoms with van der Waals surface area (Å²) >= 11 is 0. The Morgan fingerprint density at radius 1 is 0.895 bits per heavy atom. The van der Waals surface area contributed by atoms with E-state index in [1.165, 1.54) is 11.1 Å². The van der Waals surface area contributed by atoms with Gasteiger partial charge in [-0.05, 0) is 47.0 Å². The molecule has 2 aromatic rings. The van der Waals surface area contributed by atoms with Gasteiger partial charge in [-0.15, -0.1) is 0 Å². The van der Waals surface area contributed by atoms with Crippen molar-refractivity contribution in [2.24, 2.45) is 4.99 Å². The molecule has 0 bridgehead atoms. The normalized spacial score (nSPS) is 13.9. The lowest BCUT2D eigenvalue weighted by molar-refractivity contribution is 0.415. The number of hydrogen-bond donors (Lipinski definition) is 0. The molecule has 0 atom stereocenters. The van der Waals surface area contributed by atoms with Gasteiger partial charge in [0.2, 0.25) is 0 Å². The maximum atomic E-state index is 5.17. The van der Waals surface area contributed by atoms with Gasteiger partial charge < -0.3 is 4.74 Å². The molecule has 3 rings (SSSR count). The molecule has 0 N–H and O–H groups in total. The summed E-state index contributed by atoms with van der Waals surface area (Å²) in [5, 5.41) is 0. The number of benzene rings is 2. The maximum absolute atomic E-state index is 5.17. The van der Waals surface area contributed by atoms with Crippen LogP contribution in [0.2, 0.25) is 0 Å². The van der Waals surface area contributed by atoms with Crippen LogP contribution >= 0.6 is 0 Å². The third-order valence-corrected chi connectivity index (χ3v) is 3.26. The molecule has 1 aliphatic heterocycles. The van der Waals surface area contributed by atoms with Crippen LogP contribution in [0, 0.1) is 0 Å². The van der Waals surface area contributed by atoms with E-state index in [4.69, 9.17) is 4.74 Å². The van der Waals surface area contributed by atoms with Gasteiger partial charge in [0.1, 0.15) is 5.75 Å². The first-order valence-corrected chi connectivity index (χ1v) is 6.32. The zero-order chi connectivity index (χ0) is 13.1. The number of hydrogen-bond acceptors (Lipinski definition) is 2. The topological polar surface area (TPSA) is 21.6 Å². The second-order valence-corrected chi connectivity index (χ2v) is 4.47. The molecule has 0 spiro atoms. The molecule has 1 aliphatic rings. The Bertz CT molecular complexity index is 624. The number of rotatable bonds is 3. The predicted molar refractivity (Wildman–Crippen MR) is 78.8 cm³/mol. The maximum Gasteiger partial charge on any atom is 0.118 e. The van der Waals surface area contributed by atoms with E-state index in [0.717, 1.165) is 23.6 Å². The van der Waals surface area contributed by atoms with Gasteiger partial charge in [0.05, 0.1) is 19.4 Å². The van der Waals surface area contributed by atoms with Crippen LogP contribution in [0.4, 0.5) is 0 Å². The molecule has 0 saturated carbocycles. The molecule has 0 saturated heterocycles. The Hall–Kier alpha value is -2.35. The van der Waals surface area contributed by atoms with E-state index in [-0.39, 0.29) is 0 Å². The Labute approximate surface area is 113 Å². The monoisotopic (exact) mass is 249 g/mol. The third-order valence-electron chi connectivity index (χ3n) is 3.26. The number of methoxy groups -OCH3 is 1. The minimum atomic E-state index is 0.755. The highest BCUT2D eigenvalue weighted by atomic mass is 16.5. The first-order valence-electron chi connectivity index (χ1n) is 6.32. The highest BCUT2D eigenvalue weighted by molar-refractivity contribution is 6.14. The van der Waals surface area contributed by atoms with E-state index in [0.29, 0.717) is 0 Å².